The molecule has 0 heterocycles. The van der Waals surface area contributed by atoms with Gasteiger partial charge < -0.3 is 0 Å². The van der Waals surface area contributed by atoms with E-state index in [1.807, 2.05) is 0 Å². The van der Waals surface area contributed by atoms with E-state index in [9.17, 15) is 0 Å². The lowest BCUT2D eigenvalue weighted by Crippen LogP contribution is -2.20. The van der Waals surface area contributed by atoms with E-state index in [4.69, 9.17) is 0 Å². The Bertz CT molecular complexity index is 752. The van der Waals surface area contributed by atoms with Crippen molar-refractivity contribution in [2.24, 2.45) is 11.8 Å². The molecule has 1 aromatic carbocycles. The lowest BCUT2D eigenvalue weighted by Gasteiger charge is -2.33. The van der Waals surface area contributed by atoms with Crippen LogP contribution in [0.5, 0.6) is 0 Å². The van der Waals surface area contributed by atoms with Crippen LogP contribution in [0.3, 0.4) is 0 Å². The summed E-state index contributed by atoms with van der Waals surface area (Å²) < 4.78 is 0. The minimum absolute atomic E-state index is 0.439. The Labute approximate surface area is 160 Å². The van der Waals surface area contributed by atoms with Gasteiger partial charge in [-0.3, -0.25) is 0 Å². The van der Waals surface area contributed by atoms with Crippen LogP contribution in [0, 0.1) is 11.8 Å². The lowest BCUT2D eigenvalue weighted by atomic mass is 9.71. The molecule has 0 radical (unpaired) electrons. The molecule has 138 valence electrons. The second-order valence-electron chi connectivity index (χ2n) is 7.42. The monoisotopic (exact) mass is 346 g/mol. The van der Waals surface area contributed by atoms with E-state index in [-0.39, 0.29) is 0 Å². The van der Waals surface area contributed by atoms with Gasteiger partial charge in [0.1, 0.15) is 0 Å². The Kier molecular flexibility index (Phi) is 7.45. The molecule has 0 nitrogen and oxygen atoms in total. The minimum Gasteiger partial charge on any atom is -0.0908 e. The van der Waals surface area contributed by atoms with Crippen molar-refractivity contribution in [3.8, 4) is 0 Å². The standard InChI is InChI=1S/C23H26.C3H8/c1-5-6-9-20-13-12-19-10-7-8-11-21(19)18(4)22-14-16(2)17(3)15-23(20)22;1-3-2/h6-14,20,23H,4-5,15H2,1-3H3;3H2,1-2H3/b9-6?,13-12-;. The van der Waals surface area contributed by atoms with Crippen LogP contribution in [0.2, 0.25) is 0 Å². The molecule has 26 heavy (non-hydrogen) atoms. The first-order valence-electron chi connectivity index (χ1n) is 10.0. The number of hydrogen-bond donors (Lipinski definition) is 0. The molecular weight excluding hydrogens is 312 g/mol. The summed E-state index contributed by atoms with van der Waals surface area (Å²) in [5.41, 5.74) is 8.05. The van der Waals surface area contributed by atoms with Crippen molar-refractivity contribution in [3.63, 3.8) is 0 Å². The van der Waals surface area contributed by atoms with Crippen LogP contribution < -0.4 is 0 Å². The zero-order valence-electron chi connectivity index (χ0n) is 17.2. The quantitative estimate of drug-likeness (QED) is 0.476. The van der Waals surface area contributed by atoms with Crippen LogP contribution in [0.15, 0.2) is 71.9 Å². The molecule has 0 aromatic heterocycles. The topological polar surface area (TPSA) is 0 Å². The van der Waals surface area contributed by atoms with Gasteiger partial charge in [-0.2, -0.15) is 0 Å². The summed E-state index contributed by atoms with van der Waals surface area (Å²) in [6, 6.07) is 8.61. The fourth-order valence-electron chi connectivity index (χ4n) is 3.63. The number of hydrogen-bond acceptors (Lipinski definition) is 0. The molecule has 0 aliphatic heterocycles. The molecule has 0 spiro atoms. The number of fused-ring (bicyclic) bond motifs is 2. The van der Waals surface area contributed by atoms with Crippen LogP contribution in [0.4, 0.5) is 0 Å². The third-order valence-corrected chi connectivity index (χ3v) is 5.16. The van der Waals surface area contributed by atoms with Gasteiger partial charge in [0.2, 0.25) is 0 Å². The molecule has 2 atom stereocenters. The summed E-state index contributed by atoms with van der Waals surface area (Å²) in [7, 11) is 0. The SMILES string of the molecule is C=C1C2=CC(C)=C(C)CC2C(C=CCC)/C=C\c2ccccc21.CCC. The minimum atomic E-state index is 0.439. The molecule has 0 saturated heterocycles. The molecule has 0 fully saturated rings. The molecule has 0 bridgehead atoms. The van der Waals surface area contributed by atoms with Crippen LogP contribution >= 0.6 is 0 Å². The third kappa shape index (κ3) is 4.55. The molecule has 0 heteroatoms. The molecule has 0 saturated carbocycles. The highest BCUT2D eigenvalue weighted by Gasteiger charge is 2.29. The van der Waals surface area contributed by atoms with Crippen molar-refractivity contribution in [2.45, 2.75) is 53.9 Å². The van der Waals surface area contributed by atoms with Gasteiger partial charge in [0.25, 0.3) is 0 Å². The van der Waals surface area contributed by atoms with E-state index in [0.29, 0.717) is 11.8 Å². The van der Waals surface area contributed by atoms with E-state index in [1.165, 1.54) is 39.8 Å². The van der Waals surface area contributed by atoms with Gasteiger partial charge in [-0.25, -0.2) is 0 Å². The molecule has 3 rings (SSSR count). The van der Waals surface area contributed by atoms with Gasteiger partial charge in [-0.15, -0.1) is 0 Å². The van der Waals surface area contributed by atoms with E-state index < -0.39 is 0 Å². The first-order chi connectivity index (χ1) is 12.5. The number of allylic oxidation sites excluding steroid dienone is 8. The molecule has 2 aliphatic carbocycles. The Morgan fingerprint density at radius 3 is 2.50 bits per heavy atom. The van der Waals surface area contributed by atoms with Gasteiger partial charge in [0.15, 0.2) is 0 Å². The van der Waals surface area contributed by atoms with Gasteiger partial charge in [-0.1, -0.05) is 99.6 Å². The maximum absolute atomic E-state index is 4.47. The van der Waals surface area contributed by atoms with Crippen LogP contribution in [-0.2, 0) is 0 Å². The van der Waals surface area contributed by atoms with Crippen molar-refractivity contribution < 1.29 is 0 Å². The summed E-state index contributed by atoms with van der Waals surface area (Å²) in [6.45, 7) is 15.4. The molecule has 0 N–H and O–H groups in total. The van der Waals surface area contributed by atoms with Crippen LogP contribution in [0.25, 0.3) is 11.6 Å². The number of benzene rings is 1. The van der Waals surface area contributed by atoms with Gasteiger partial charge in [-0.05, 0) is 54.9 Å². The Hall–Kier alpha value is -2.08. The average molecular weight is 347 g/mol. The van der Waals surface area contributed by atoms with E-state index in [1.54, 1.807) is 0 Å². The summed E-state index contributed by atoms with van der Waals surface area (Å²) in [6.07, 6.45) is 15.2. The van der Waals surface area contributed by atoms with Crippen molar-refractivity contribution in [2.75, 3.05) is 0 Å². The zero-order chi connectivity index (χ0) is 19.1. The number of rotatable bonds is 2. The molecular formula is C26H34. The fraction of sp³-hybridized carbons (Fsp3) is 0.385. The van der Waals surface area contributed by atoms with Crippen molar-refractivity contribution in [1.29, 1.82) is 0 Å². The smallest absolute Gasteiger partial charge is 0.00219 e. The highest BCUT2D eigenvalue weighted by atomic mass is 14.3. The van der Waals surface area contributed by atoms with Gasteiger partial charge in [0, 0.05) is 5.92 Å². The largest absolute Gasteiger partial charge is 0.0908 e. The molecule has 1 aromatic rings. The average Bonchev–Trinajstić information content (AvgIpc) is 2.63. The first kappa shape index (κ1) is 20.2. The predicted octanol–water partition coefficient (Wildman–Crippen LogP) is 8.01. The molecule has 2 aliphatic rings. The van der Waals surface area contributed by atoms with Crippen LogP contribution in [-0.4, -0.2) is 0 Å². The lowest BCUT2D eigenvalue weighted by molar-refractivity contribution is 0.524. The first-order valence-corrected chi connectivity index (χ1v) is 10.0. The Morgan fingerprint density at radius 1 is 1.12 bits per heavy atom. The van der Waals surface area contributed by atoms with E-state index >= 15 is 0 Å². The maximum Gasteiger partial charge on any atom is 0.00219 e. The highest BCUT2D eigenvalue weighted by Crippen LogP contribution is 2.43. The van der Waals surface area contributed by atoms with Crippen LogP contribution in [0.1, 0.15) is 65.0 Å². The normalized spacial score (nSPS) is 23.3. The molecule has 0 amide bonds. The molecule has 2 unspecified atom stereocenters. The fourth-order valence-corrected chi connectivity index (χ4v) is 3.63. The maximum atomic E-state index is 4.47. The second kappa shape index (κ2) is 9.57. The van der Waals surface area contributed by atoms with Gasteiger partial charge in [0.05, 0.1) is 0 Å². The Balaban J connectivity index is 0.000000758. The summed E-state index contributed by atoms with van der Waals surface area (Å²) in [5, 5.41) is 0. The van der Waals surface area contributed by atoms with E-state index in [2.05, 4.69) is 95.8 Å². The summed E-state index contributed by atoms with van der Waals surface area (Å²) in [5.74, 6) is 0.938. The Morgan fingerprint density at radius 2 is 1.81 bits per heavy atom. The summed E-state index contributed by atoms with van der Waals surface area (Å²) >= 11 is 0. The zero-order valence-corrected chi connectivity index (χ0v) is 17.2. The summed E-state index contributed by atoms with van der Waals surface area (Å²) in [4.78, 5) is 0. The second-order valence-corrected chi connectivity index (χ2v) is 7.42. The van der Waals surface area contributed by atoms with Crippen molar-refractivity contribution in [1.82, 2.24) is 0 Å². The third-order valence-electron chi connectivity index (χ3n) is 5.16. The van der Waals surface area contributed by atoms with Gasteiger partial charge >= 0.3 is 0 Å². The predicted molar refractivity (Wildman–Crippen MR) is 118 cm³/mol. The van der Waals surface area contributed by atoms with Crippen molar-refractivity contribution in [3.05, 3.63) is 83.0 Å². The highest BCUT2D eigenvalue weighted by molar-refractivity contribution is 5.85. The van der Waals surface area contributed by atoms with E-state index in [0.717, 1.165) is 12.8 Å². The van der Waals surface area contributed by atoms with Crippen molar-refractivity contribution >= 4 is 11.6 Å².